The molecule has 2 rings (SSSR count). The summed E-state index contributed by atoms with van der Waals surface area (Å²) in [6.45, 7) is 9.58. The Balaban J connectivity index is 2.65. The second-order valence-corrected chi connectivity index (χ2v) is 4.89. The van der Waals surface area contributed by atoms with Gasteiger partial charge in [0.15, 0.2) is 5.78 Å². The first-order chi connectivity index (χ1) is 8.45. The van der Waals surface area contributed by atoms with E-state index >= 15 is 0 Å². The number of fused-ring (bicyclic) bond motifs is 1. The van der Waals surface area contributed by atoms with Gasteiger partial charge in [-0.15, -0.1) is 0 Å². The van der Waals surface area contributed by atoms with Crippen LogP contribution in [-0.4, -0.2) is 22.6 Å². The molecule has 0 fully saturated rings. The van der Waals surface area contributed by atoms with Gasteiger partial charge in [0.2, 0.25) is 0 Å². The molecule has 1 aromatic carbocycles. The maximum atomic E-state index is 12.5. The lowest BCUT2D eigenvalue weighted by Crippen LogP contribution is -2.36. The minimum Gasteiger partial charge on any atom is -0.309 e. The van der Waals surface area contributed by atoms with Crippen LogP contribution in [0.1, 0.15) is 41.5 Å². The van der Waals surface area contributed by atoms with Crippen molar-refractivity contribution in [2.45, 2.75) is 26.8 Å². The molecule has 0 N–H and O–H groups in total. The maximum Gasteiger partial charge on any atom is 0.258 e. The summed E-state index contributed by atoms with van der Waals surface area (Å²) in [5, 5.41) is 0. The molecule has 94 valence electrons. The highest BCUT2D eigenvalue weighted by Crippen LogP contribution is 2.29. The van der Waals surface area contributed by atoms with E-state index in [0.29, 0.717) is 16.8 Å². The summed E-state index contributed by atoms with van der Waals surface area (Å²) in [7, 11) is 0. The molecular formula is C15H17NO2. The summed E-state index contributed by atoms with van der Waals surface area (Å²) < 4.78 is 0. The van der Waals surface area contributed by atoms with Crippen LogP contribution in [0.15, 0.2) is 36.5 Å². The number of rotatable bonds is 1. The first kappa shape index (κ1) is 12.6. The average molecular weight is 243 g/mol. The van der Waals surface area contributed by atoms with E-state index in [2.05, 4.69) is 6.58 Å². The van der Waals surface area contributed by atoms with Gasteiger partial charge in [-0.05, 0) is 26.8 Å². The van der Waals surface area contributed by atoms with Crippen LogP contribution in [-0.2, 0) is 0 Å². The standard InChI is InChI=1S/C15H17NO2/c1-9(2)16-11(4)10(3)14(17)12-7-5-6-8-13(12)15(16)18/h5-10H,4H2,1-3H3. The first-order valence-electron chi connectivity index (χ1n) is 6.10. The Morgan fingerprint density at radius 3 is 2.28 bits per heavy atom. The van der Waals surface area contributed by atoms with Crippen molar-refractivity contribution < 1.29 is 9.59 Å². The molecule has 0 bridgehead atoms. The second-order valence-electron chi connectivity index (χ2n) is 4.89. The summed E-state index contributed by atoms with van der Waals surface area (Å²) in [6, 6.07) is 6.97. The van der Waals surface area contributed by atoms with E-state index < -0.39 is 0 Å². The molecule has 1 atom stereocenters. The fourth-order valence-corrected chi connectivity index (χ4v) is 2.30. The molecule has 0 aliphatic carbocycles. The van der Waals surface area contributed by atoms with E-state index in [-0.39, 0.29) is 23.7 Å². The Morgan fingerprint density at radius 1 is 1.17 bits per heavy atom. The molecule has 3 nitrogen and oxygen atoms in total. The van der Waals surface area contributed by atoms with Gasteiger partial charge >= 0.3 is 0 Å². The Hall–Kier alpha value is -1.90. The van der Waals surface area contributed by atoms with E-state index in [0.717, 1.165) is 0 Å². The number of hydrogen-bond acceptors (Lipinski definition) is 2. The largest absolute Gasteiger partial charge is 0.309 e. The number of ketones is 1. The van der Waals surface area contributed by atoms with Crippen molar-refractivity contribution in [2.75, 3.05) is 0 Å². The Kier molecular flexibility index (Phi) is 3.07. The summed E-state index contributed by atoms with van der Waals surface area (Å²) in [4.78, 5) is 26.4. The quantitative estimate of drug-likeness (QED) is 0.760. The molecule has 0 spiro atoms. The van der Waals surface area contributed by atoms with Crippen molar-refractivity contribution in [1.82, 2.24) is 4.90 Å². The normalized spacial score (nSPS) is 20.1. The van der Waals surface area contributed by atoms with Crippen molar-refractivity contribution in [1.29, 1.82) is 0 Å². The van der Waals surface area contributed by atoms with Gasteiger partial charge in [-0.3, -0.25) is 9.59 Å². The maximum absolute atomic E-state index is 12.5. The highest BCUT2D eigenvalue weighted by molar-refractivity contribution is 6.12. The number of allylic oxidation sites excluding steroid dienone is 1. The Bertz CT molecular complexity index is 531. The predicted octanol–water partition coefficient (Wildman–Crippen LogP) is 2.88. The zero-order chi connectivity index (χ0) is 13.4. The molecule has 0 aromatic heterocycles. The van der Waals surface area contributed by atoms with Crippen LogP contribution in [0.4, 0.5) is 0 Å². The van der Waals surface area contributed by atoms with Crippen LogP contribution < -0.4 is 0 Å². The minimum absolute atomic E-state index is 0.00796. The van der Waals surface area contributed by atoms with E-state index in [1.165, 1.54) is 0 Å². The number of Topliss-reactive ketones (excluding diaryl/α,β-unsaturated/α-hetero) is 1. The number of benzene rings is 1. The lowest BCUT2D eigenvalue weighted by atomic mass is 9.95. The number of amides is 1. The van der Waals surface area contributed by atoms with Crippen LogP contribution in [0.25, 0.3) is 0 Å². The highest BCUT2D eigenvalue weighted by atomic mass is 16.2. The molecule has 18 heavy (non-hydrogen) atoms. The van der Waals surface area contributed by atoms with E-state index in [4.69, 9.17) is 0 Å². The van der Waals surface area contributed by atoms with Crippen LogP contribution in [0, 0.1) is 5.92 Å². The first-order valence-corrected chi connectivity index (χ1v) is 6.10. The van der Waals surface area contributed by atoms with Gasteiger partial charge in [0, 0.05) is 17.3 Å². The van der Waals surface area contributed by atoms with Crippen molar-refractivity contribution >= 4 is 11.7 Å². The topological polar surface area (TPSA) is 37.4 Å². The number of hydrogen-bond donors (Lipinski definition) is 0. The van der Waals surface area contributed by atoms with Crippen LogP contribution in [0.3, 0.4) is 0 Å². The van der Waals surface area contributed by atoms with E-state index in [1.807, 2.05) is 13.8 Å². The lowest BCUT2D eigenvalue weighted by molar-refractivity contribution is 0.0755. The molecule has 1 heterocycles. The highest BCUT2D eigenvalue weighted by Gasteiger charge is 2.34. The van der Waals surface area contributed by atoms with Gasteiger partial charge in [-0.1, -0.05) is 24.8 Å². The molecule has 0 radical (unpaired) electrons. The monoisotopic (exact) mass is 243 g/mol. The van der Waals surface area contributed by atoms with Crippen LogP contribution in [0.5, 0.6) is 0 Å². The molecular weight excluding hydrogens is 226 g/mol. The summed E-state index contributed by atoms with van der Waals surface area (Å²) in [5.41, 5.74) is 1.55. The van der Waals surface area contributed by atoms with Gasteiger partial charge in [0.1, 0.15) is 0 Å². The number of carbonyl (C=O) groups is 2. The zero-order valence-electron chi connectivity index (χ0n) is 10.9. The third-order valence-corrected chi connectivity index (χ3v) is 3.36. The minimum atomic E-state index is -0.361. The number of nitrogens with zero attached hydrogens (tertiary/aromatic N) is 1. The molecule has 1 unspecified atom stereocenters. The van der Waals surface area contributed by atoms with Crippen molar-refractivity contribution in [2.24, 2.45) is 5.92 Å². The molecule has 1 amide bonds. The van der Waals surface area contributed by atoms with Crippen molar-refractivity contribution in [3.8, 4) is 0 Å². The molecule has 0 saturated heterocycles. The molecule has 3 heteroatoms. The summed E-state index contributed by atoms with van der Waals surface area (Å²) in [6.07, 6.45) is 0. The van der Waals surface area contributed by atoms with Crippen molar-refractivity contribution in [3.05, 3.63) is 47.7 Å². The predicted molar refractivity (Wildman–Crippen MR) is 70.4 cm³/mol. The van der Waals surface area contributed by atoms with Gasteiger partial charge < -0.3 is 4.90 Å². The molecule has 0 saturated carbocycles. The lowest BCUT2D eigenvalue weighted by Gasteiger charge is -2.29. The van der Waals surface area contributed by atoms with Gasteiger partial charge in [-0.25, -0.2) is 0 Å². The smallest absolute Gasteiger partial charge is 0.258 e. The fourth-order valence-electron chi connectivity index (χ4n) is 2.30. The molecule has 1 aliphatic heterocycles. The fraction of sp³-hybridized carbons (Fsp3) is 0.333. The average Bonchev–Trinajstić information content (AvgIpc) is 2.41. The van der Waals surface area contributed by atoms with Gasteiger partial charge in [-0.2, -0.15) is 0 Å². The summed E-state index contributed by atoms with van der Waals surface area (Å²) >= 11 is 0. The summed E-state index contributed by atoms with van der Waals surface area (Å²) in [5.74, 6) is -0.532. The van der Waals surface area contributed by atoms with Gasteiger partial charge in [0.25, 0.3) is 5.91 Å². The third kappa shape index (κ3) is 1.76. The van der Waals surface area contributed by atoms with Crippen LogP contribution >= 0.6 is 0 Å². The van der Waals surface area contributed by atoms with E-state index in [9.17, 15) is 9.59 Å². The van der Waals surface area contributed by atoms with Crippen LogP contribution in [0.2, 0.25) is 0 Å². The van der Waals surface area contributed by atoms with Crippen molar-refractivity contribution in [3.63, 3.8) is 0 Å². The zero-order valence-corrected chi connectivity index (χ0v) is 10.9. The van der Waals surface area contributed by atoms with Gasteiger partial charge in [0.05, 0.1) is 11.5 Å². The Labute approximate surface area is 107 Å². The number of carbonyl (C=O) groups excluding carboxylic acids is 2. The molecule has 1 aliphatic rings. The Morgan fingerprint density at radius 2 is 1.72 bits per heavy atom. The SMILES string of the molecule is C=C1C(C)C(=O)c2ccccc2C(=O)N1C(C)C. The van der Waals surface area contributed by atoms with E-state index in [1.54, 1.807) is 36.1 Å². The third-order valence-electron chi connectivity index (χ3n) is 3.36. The second kappa shape index (κ2) is 4.41. The molecule has 1 aromatic rings.